The highest BCUT2D eigenvalue weighted by molar-refractivity contribution is 5.76. The number of hydrogen-bond donors (Lipinski definition) is 1. The lowest BCUT2D eigenvalue weighted by molar-refractivity contribution is -0.121. The summed E-state index contributed by atoms with van der Waals surface area (Å²) >= 11 is 0. The fraction of sp³-hybridized carbons (Fsp3) is 0.350. The second-order valence-electron chi connectivity index (χ2n) is 5.85. The highest BCUT2D eigenvalue weighted by Gasteiger charge is 2.07. The van der Waals surface area contributed by atoms with Crippen LogP contribution in [-0.4, -0.2) is 11.9 Å². The third kappa shape index (κ3) is 6.13. The van der Waals surface area contributed by atoms with Crippen molar-refractivity contribution in [2.75, 3.05) is 0 Å². The van der Waals surface area contributed by atoms with Gasteiger partial charge in [-0.2, -0.15) is 0 Å². The SMILES string of the molecule is C[C@@H](Cc1ccccc1)NC(=O)CCCCc1ccccc1. The van der Waals surface area contributed by atoms with Crippen LogP contribution >= 0.6 is 0 Å². The van der Waals surface area contributed by atoms with Crippen LogP contribution in [0.5, 0.6) is 0 Å². The van der Waals surface area contributed by atoms with Gasteiger partial charge in [-0.25, -0.2) is 0 Å². The predicted molar refractivity (Wildman–Crippen MR) is 91.7 cm³/mol. The summed E-state index contributed by atoms with van der Waals surface area (Å²) in [5.41, 5.74) is 2.61. The van der Waals surface area contributed by atoms with Crippen molar-refractivity contribution in [2.45, 2.75) is 45.1 Å². The molecule has 2 rings (SSSR count). The quantitative estimate of drug-likeness (QED) is 0.728. The Morgan fingerprint density at radius 1 is 0.909 bits per heavy atom. The third-order valence-electron chi connectivity index (χ3n) is 3.75. The molecule has 116 valence electrons. The van der Waals surface area contributed by atoms with Crippen molar-refractivity contribution >= 4 is 5.91 Å². The van der Waals surface area contributed by atoms with E-state index in [0.717, 1.165) is 25.7 Å². The lowest BCUT2D eigenvalue weighted by Crippen LogP contribution is -2.33. The molecule has 1 N–H and O–H groups in total. The number of carbonyl (C=O) groups is 1. The van der Waals surface area contributed by atoms with E-state index in [1.165, 1.54) is 11.1 Å². The first kappa shape index (κ1) is 16.3. The Kier molecular flexibility index (Phi) is 6.69. The van der Waals surface area contributed by atoms with Crippen LogP contribution in [-0.2, 0) is 17.6 Å². The van der Waals surface area contributed by atoms with Gasteiger partial charge in [0.05, 0.1) is 0 Å². The molecule has 0 aliphatic heterocycles. The highest BCUT2D eigenvalue weighted by Crippen LogP contribution is 2.07. The molecule has 0 fully saturated rings. The number of carbonyl (C=O) groups excluding carboxylic acids is 1. The monoisotopic (exact) mass is 295 g/mol. The molecule has 0 saturated heterocycles. The van der Waals surface area contributed by atoms with Gasteiger partial charge in [-0.1, -0.05) is 60.7 Å². The summed E-state index contributed by atoms with van der Waals surface area (Å²) in [4.78, 5) is 11.9. The molecule has 0 radical (unpaired) electrons. The van der Waals surface area contributed by atoms with E-state index in [-0.39, 0.29) is 11.9 Å². The van der Waals surface area contributed by atoms with Gasteiger partial charge in [0.25, 0.3) is 0 Å². The maximum absolute atomic E-state index is 11.9. The molecule has 0 aliphatic carbocycles. The van der Waals surface area contributed by atoms with Crippen molar-refractivity contribution < 1.29 is 4.79 Å². The number of hydrogen-bond acceptors (Lipinski definition) is 1. The lowest BCUT2D eigenvalue weighted by Gasteiger charge is -2.14. The molecular weight excluding hydrogens is 270 g/mol. The molecule has 0 aromatic heterocycles. The van der Waals surface area contributed by atoms with Crippen LogP contribution in [0.25, 0.3) is 0 Å². The van der Waals surface area contributed by atoms with Gasteiger partial charge in [0.2, 0.25) is 5.91 Å². The number of rotatable bonds is 8. The average molecular weight is 295 g/mol. The smallest absolute Gasteiger partial charge is 0.220 e. The van der Waals surface area contributed by atoms with E-state index in [0.29, 0.717) is 6.42 Å². The molecule has 0 saturated carbocycles. The molecule has 2 aromatic rings. The van der Waals surface area contributed by atoms with E-state index in [1.54, 1.807) is 0 Å². The fourth-order valence-corrected chi connectivity index (χ4v) is 2.63. The standard InChI is InChI=1S/C20H25NO/c1-17(16-19-13-6-3-7-14-19)21-20(22)15-9-8-12-18-10-4-2-5-11-18/h2-7,10-11,13-14,17H,8-9,12,15-16H2,1H3,(H,21,22)/t17-/m0/s1. The van der Waals surface area contributed by atoms with E-state index >= 15 is 0 Å². The van der Waals surface area contributed by atoms with Crippen LogP contribution in [0, 0.1) is 0 Å². The van der Waals surface area contributed by atoms with Gasteiger partial charge in [0.15, 0.2) is 0 Å². The Morgan fingerprint density at radius 2 is 1.50 bits per heavy atom. The van der Waals surface area contributed by atoms with Crippen molar-refractivity contribution in [2.24, 2.45) is 0 Å². The maximum atomic E-state index is 11.9. The second-order valence-corrected chi connectivity index (χ2v) is 5.85. The number of unbranched alkanes of at least 4 members (excludes halogenated alkanes) is 1. The van der Waals surface area contributed by atoms with Crippen LogP contribution in [0.4, 0.5) is 0 Å². The van der Waals surface area contributed by atoms with Crippen molar-refractivity contribution in [3.63, 3.8) is 0 Å². The van der Waals surface area contributed by atoms with Crippen molar-refractivity contribution in [3.05, 3.63) is 71.8 Å². The minimum absolute atomic E-state index is 0.163. The topological polar surface area (TPSA) is 29.1 Å². The van der Waals surface area contributed by atoms with Gasteiger partial charge in [-0.05, 0) is 43.7 Å². The molecular formula is C20H25NO. The first-order valence-corrected chi connectivity index (χ1v) is 8.11. The molecule has 0 aliphatic rings. The van der Waals surface area contributed by atoms with Gasteiger partial charge in [-0.15, -0.1) is 0 Å². The minimum atomic E-state index is 0.163. The zero-order valence-corrected chi connectivity index (χ0v) is 13.3. The van der Waals surface area contributed by atoms with Crippen molar-refractivity contribution in [3.8, 4) is 0 Å². The zero-order valence-electron chi connectivity index (χ0n) is 13.3. The molecule has 2 nitrogen and oxygen atoms in total. The Labute approximate surface area is 133 Å². The first-order valence-electron chi connectivity index (χ1n) is 8.11. The Balaban J connectivity index is 1.61. The molecule has 22 heavy (non-hydrogen) atoms. The first-order chi connectivity index (χ1) is 10.7. The summed E-state index contributed by atoms with van der Waals surface area (Å²) in [6.07, 6.45) is 4.56. The van der Waals surface area contributed by atoms with E-state index in [1.807, 2.05) is 24.3 Å². The van der Waals surface area contributed by atoms with E-state index < -0.39 is 0 Å². The number of benzene rings is 2. The van der Waals surface area contributed by atoms with Crippen LogP contribution in [0.1, 0.15) is 37.3 Å². The number of amides is 1. The van der Waals surface area contributed by atoms with Crippen LogP contribution in [0.2, 0.25) is 0 Å². The molecule has 1 amide bonds. The fourth-order valence-electron chi connectivity index (χ4n) is 2.63. The summed E-state index contributed by atoms with van der Waals surface area (Å²) in [7, 11) is 0. The summed E-state index contributed by atoms with van der Waals surface area (Å²) < 4.78 is 0. The summed E-state index contributed by atoms with van der Waals surface area (Å²) in [6, 6.07) is 20.9. The minimum Gasteiger partial charge on any atom is -0.353 e. The molecule has 0 bridgehead atoms. The largest absolute Gasteiger partial charge is 0.353 e. The van der Waals surface area contributed by atoms with Gasteiger partial charge >= 0.3 is 0 Å². The number of aryl methyl sites for hydroxylation is 1. The zero-order chi connectivity index (χ0) is 15.6. The van der Waals surface area contributed by atoms with Gasteiger partial charge in [-0.3, -0.25) is 4.79 Å². The molecule has 1 atom stereocenters. The number of nitrogens with one attached hydrogen (secondary N) is 1. The van der Waals surface area contributed by atoms with E-state index in [4.69, 9.17) is 0 Å². The molecule has 0 unspecified atom stereocenters. The van der Waals surface area contributed by atoms with Crippen LogP contribution < -0.4 is 5.32 Å². The van der Waals surface area contributed by atoms with E-state index in [2.05, 4.69) is 48.6 Å². The van der Waals surface area contributed by atoms with Gasteiger partial charge in [0.1, 0.15) is 0 Å². The third-order valence-corrected chi connectivity index (χ3v) is 3.75. The molecule has 2 aromatic carbocycles. The lowest BCUT2D eigenvalue weighted by atomic mass is 10.1. The highest BCUT2D eigenvalue weighted by atomic mass is 16.1. The molecule has 2 heteroatoms. The van der Waals surface area contributed by atoms with Gasteiger partial charge in [0, 0.05) is 12.5 Å². The average Bonchev–Trinajstić information content (AvgIpc) is 2.53. The van der Waals surface area contributed by atoms with Crippen LogP contribution in [0.15, 0.2) is 60.7 Å². The van der Waals surface area contributed by atoms with E-state index in [9.17, 15) is 4.79 Å². The summed E-state index contributed by atoms with van der Waals surface area (Å²) in [5.74, 6) is 0.163. The Hall–Kier alpha value is -2.09. The Bertz CT molecular complexity index is 550. The maximum Gasteiger partial charge on any atom is 0.220 e. The van der Waals surface area contributed by atoms with Crippen LogP contribution in [0.3, 0.4) is 0 Å². The summed E-state index contributed by atoms with van der Waals surface area (Å²) in [6.45, 7) is 2.06. The second kappa shape index (κ2) is 9.04. The van der Waals surface area contributed by atoms with Crippen molar-refractivity contribution in [1.82, 2.24) is 5.32 Å². The molecule has 0 spiro atoms. The molecule has 0 heterocycles. The normalized spacial score (nSPS) is 11.9. The van der Waals surface area contributed by atoms with Crippen molar-refractivity contribution in [1.29, 1.82) is 0 Å². The Morgan fingerprint density at radius 3 is 2.14 bits per heavy atom. The predicted octanol–water partition coefficient (Wildman–Crippen LogP) is 4.15. The summed E-state index contributed by atoms with van der Waals surface area (Å²) in [5, 5.41) is 3.09. The van der Waals surface area contributed by atoms with Gasteiger partial charge < -0.3 is 5.32 Å².